The van der Waals surface area contributed by atoms with E-state index in [0.717, 1.165) is 60.5 Å². The predicted octanol–water partition coefficient (Wildman–Crippen LogP) is 13.1. The predicted molar refractivity (Wildman–Crippen MR) is 219 cm³/mol. The maximum Gasteiger partial charge on any atom is 0.164 e. The fraction of sp³-hybridized carbons (Fsp3) is 0. The van der Waals surface area contributed by atoms with Crippen LogP contribution in [0.4, 0.5) is 0 Å². The average Bonchev–Trinajstić information content (AvgIpc) is 3.61. The third-order valence-electron chi connectivity index (χ3n) is 10.5. The summed E-state index contributed by atoms with van der Waals surface area (Å²) < 4.78 is 6.49. The van der Waals surface area contributed by atoms with E-state index in [-0.39, 0.29) is 0 Å². The second kappa shape index (κ2) is 11.7. The number of hydrogen-bond acceptors (Lipinski definition) is 4. The van der Waals surface area contributed by atoms with E-state index < -0.39 is 0 Å². The number of benzene rings is 9. The summed E-state index contributed by atoms with van der Waals surface area (Å²) in [6, 6.07) is 61.7. The van der Waals surface area contributed by atoms with Crippen LogP contribution in [0.3, 0.4) is 0 Å². The van der Waals surface area contributed by atoms with Crippen molar-refractivity contribution in [2.75, 3.05) is 0 Å². The molecule has 11 rings (SSSR count). The fourth-order valence-corrected chi connectivity index (χ4v) is 7.89. The molecule has 4 heteroatoms. The van der Waals surface area contributed by atoms with E-state index in [0.29, 0.717) is 17.5 Å². The van der Waals surface area contributed by atoms with E-state index in [9.17, 15) is 0 Å². The highest BCUT2D eigenvalue weighted by molar-refractivity contribution is 6.17. The minimum Gasteiger partial charge on any atom is -0.456 e. The molecule has 246 valence electrons. The molecule has 0 fully saturated rings. The molecule has 0 aliphatic heterocycles. The lowest BCUT2D eigenvalue weighted by Crippen LogP contribution is -2.00. The van der Waals surface area contributed by atoms with Crippen LogP contribution < -0.4 is 0 Å². The van der Waals surface area contributed by atoms with Crippen molar-refractivity contribution in [3.05, 3.63) is 176 Å². The quantitative estimate of drug-likeness (QED) is 0.174. The van der Waals surface area contributed by atoms with E-state index in [4.69, 9.17) is 19.4 Å². The van der Waals surface area contributed by atoms with Gasteiger partial charge in [0, 0.05) is 27.5 Å². The van der Waals surface area contributed by atoms with Crippen LogP contribution in [0.5, 0.6) is 0 Å². The Hall–Kier alpha value is -7.17. The van der Waals surface area contributed by atoms with Crippen LogP contribution in [-0.4, -0.2) is 15.0 Å². The van der Waals surface area contributed by atoms with Crippen LogP contribution in [0.1, 0.15) is 0 Å². The van der Waals surface area contributed by atoms with Gasteiger partial charge in [0.05, 0.1) is 0 Å². The number of para-hydroxylation sites is 1. The summed E-state index contributed by atoms with van der Waals surface area (Å²) >= 11 is 0. The van der Waals surface area contributed by atoms with Crippen molar-refractivity contribution in [1.29, 1.82) is 0 Å². The van der Waals surface area contributed by atoms with Crippen molar-refractivity contribution < 1.29 is 4.42 Å². The van der Waals surface area contributed by atoms with E-state index in [2.05, 4.69) is 158 Å². The highest BCUT2D eigenvalue weighted by Crippen LogP contribution is 2.40. The van der Waals surface area contributed by atoms with Crippen LogP contribution >= 0.6 is 0 Å². The summed E-state index contributed by atoms with van der Waals surface area (Å²) in [6.45, 7) is 0. The van der Waals surface area contributed by atoms with Crippen molar-refractivity contribution in [1.82, 2.24) is 15.0 Å². The first-order chi connectivity index (χ1) is 26.2. The molecule has 11 aromatic rings. The zero-order valence-corrected chi connectivity index (χ0v) is 28.5. The summed E-state index contributed by atoms with van der Waals surface area (Å²) in [5, 5.41) is 11.8. The zero-order valence-electron chi connectivity index (χ0n) is 28.5. The molecule has 0 unspecified atom stereocenters. The fourth-order valence-electron chi connectivity index (χ4n) is 7.89. The van der Waals surface area contributed by atoms with E-state index in [1.807, 2.05) is 18.2 Å². The molecule has 0 amide bonds. The lowest BCUT2D eigenvalue weighted by atomic mass is 9.96. The van der Waals surface area contributed by atoms with Crippen LogP contribution in [-0.2, 0) is 0 Å². The van der Waals surface area contributed by atoms with Gasteiger partial charge in [-0.1, -0.05) is 146 Å². The number of aromatic nitrogens is 3. The molecule has 53 heavy (non-hydrogen) atoms. The smallest absolute Gasteiger partial charge is 0.164 e. The molecule has 0 saturated heterocycles. The molecule has 2 aromatic heterocycles. The van der Waals surface area contributed by atoms with Crippen LogP contribution in [0.15, 0.2) is 180 Å². The monoisotopic (exact) mass is 675 g/mol. The minimum atomic E-state index is 0.586. The Morgan fingerprint density at radius 3 is 1.64 bits per heavy atom. The van der Waals surface area contributed by atoms with Gasteiger partial charge in [-0.15, -0.1) is 0 Å². The Labute approximate surface area is 304 Å². The van der Waals surface area contributed by atoms with Gasteiger partial charge in [-0.3, -0.25) is 0 Å². The zero-order chi connectivity index (χ0) is 34.9. The largest absolute Gasteiger partial charge is 0.456 e. The van der Waals surface area contributed by atoms with Crippen LogP contribution in [0, 0.1) is 0 Å². The molecule has 4 nitrogen and oxygen atoms in total. The summed E-state index contributed by atoms with van der Waals surface area (Å²) in [6.07, 6.45) is 0. The van der Waals surface area contributed by atoms with Crippen LogP contribution in [0.25, 0.3) is 110 Å². The van der Waals surface area contributed by atoms with Gasteiger partial charge in [-0.2, -0.15) is 0 Å². The van der Waals surface area contributed by atoms with Crippen LogP contribution in [0.2, 0.25) is 0 Å². The first-order valence-corrected chi connectivity index (χ1v) is 17.8. The van der Waals surface area contributed by atoms with Crippen molar-refractivity contribution in [2.24, 2.45) is 0 Å². The van der Waals surface area contributed by atoms with E-state index >= 15 is 0 Å². The third kappa shape index (κ3) is 4.88. The molecule has 0 atom stereocenters. The molecule has 0 radical (unpaired) electrons. The Bertz CT molecular complexity index is 3240. The number of rotatable bonds is 4. The lowest BCUT2D eigenvalue weighted by molar-refractivity contribution is 0.669. The highest BCUT2D eigenvalue weighted by atomic mass is 16.3. The molecular weight excluding hydrogens is 647 g/mol. The topological polar surface area (TPSA) is 51.8 Å². The Balaban J connectivity index is 1.14. The van der Waals surface area contributed by atoms with Gasteiger partial charge in [0.15, 0.2) is 17.5 Å². The first kappa shape index (κ1) is 29.5. The Kier molecular flexibility index (Phi) is 6.52. The molecule has 9 aromatic carbocycles. The van der Waals surface area contributed by atoms with Crippen molar-refractivity contribution in [3.63, 3.8) is 0 Å². The second-order valence-electron chi connectivity index (χ2n) is 13.6. The number of furan rings is 1. The maximum absolute atomic E-state index is 6.49. The summed E-state index contributed by atoms with van der Waals surface area (Å²) in [4.78, 5) is 15.5. The van der Waals surface area contributed by atoms with Gasteiger partial charge in [-0.25, -0.2) is 15.0 Å². The third-order valence-corrected chi connectivity index (χ3v) is 10.5. The molecule has 2 heterocycles. The van der Waals surface area contributed by atoms with Gasteiger partial charge in [-0.05, 0) is 84.5 Å². The molecule has 0 saturated carbocycles. The molecule has 0 N–H and O–H groups in total. The number of nitrogens with zero attached hydrogens (tertiary/aromatic N) is 3. The van der Waals surface area contributed by atoms with Crippen molar-refractivity contribution in [2.45, 2.75) is 0 Å². The standard InChI is InChI=1S/C49H29N3O/c1-2-11-31(12-3-1)43-28-37(29-45-46(43)42-16-8-9-17-44(42)53-45)49-51-47(35-19-18-30-10-4-5-14-33(30)26-35)50-48(52-49)36-22-23-39-34(27-36)21-25-40-38-15-7-6-13-32(38)20-24-41(39)40/h1-29H. The van der Waals surface area contributed by atoms with Gasteiger partial charge < -0.3 is 4.42 Å². The van der Waals surface area contributed by atoms with Crippen molar-refractivity contribution in [3.8, 4) is 45.3 Å². The molecule has 0 aliphatic rings. The van der Waals surface area contributed by atoms with Crippen molar-refractivity contribution >= 4 is 65.0 Å². The second-order valence-corrected chi connectivity index (χ2v) is 13.6. The highest BCUT2D eigenvalue weighted by Gasteiger charge is 2.19. The van der Waals surface area contributed by atoms with Gasteiger partial charge >= 0.3 is 0 Å². The number of hydrogen-bond donors (Lipinski definition) is 0. The lowest BCUT2D eigenvalue weighted by Gasteiger charge is -2.12. The summed E-state index contributed by atoms with van der Waals surface area (Å²) in [5.41, 5.74) is 6.53. The molecular formula is C49H29N3O. The SMILES string of the molecule is c1ccc(-c2cc(-c3nc(-c4ccc5ccccc5c4)nc(-c4ccc5c(ccc6c7ccccc7ccc56)c4)n3)cc3oc4ccccc4c23)cc1. The summed E-state index contributed by atoms with van der Waals surface area (Å²) in [7, 11) is 0. The average molecular weight is 676 g/mol. The van der Waals surface area contributed by atoms with Gasteiger partial charge in [0.1, 0.15) is 11.2 Å². The van der Waals surface area contributed by atoms with Gasteiger partial charge in [0.2, 0.25) is 0 Å². The normalized spacial score (nSPS) is 11.8. The minimum absolute atomic E-state index is 0.586. The first-order valence-electron chi connectivity index (χ1n) is 17.8. The molecule has 0 aliphatic carbocycles. The maximum atomic E-state index is 6.49. The Morgan fingerprint density at radius 2 is 0.849 bits per heavy atom. The molecule has 0 spiro atoms. The van der Waals surface area contributed by atoms with E-state index in [1.54, 1.807) is 0 Å². The number of fused-ring (bicyclic) bond motifs is 9. The van der Waals surface area contributed by atoms with Gasteiger partial charge in [0.25, 0.3) is 0 Å². The Morgan fingerprint density at radius 1 is 0.302 bits per heavy atom. The summed E-state index contributed by atoms with van der Waals surface area (Å²) in [5.74, 6) is 1.82. The van der Waals surface area contributed by atoms with E-state index in [1.165, 1.54) is 32.3 Å². The molecule has 0 bridgehead atoms.